The highest BCUT2D eigenvalue weighted by Gasteiger charge is 2.28. The largest absolute Gasteiger partial charge is 0.314 e. The second-order valence-electron chi connectivity index (χ2n) is 5.15. The van der Waals surface area contributed by atoms with Gasteiger partial charge in [0.2, 0.25) is 0 Å². The third kappa shape index (κ3) is 2.01. The highest BCUT2D eigenvalue weighted by Crippen LogP contribution is 2.37. The quantitative estimate of drug-likeness (QED) is 0.888. The SMILES string of the molecule is CCNC1CCCC1c1cccc2cnccc12. The molecule has 2 unspecified atom stereocenters. The third-order valence-corrected chi connectivity index (χ3v) is 4.10. The topological polar surface area (TPSA) is 24.9 Å². The van der Waals surface area contributed by atoms with Crippen LogP contribution in [0.25, 0.3) is 10.8 Å². The number of nitrogens with zero attached hydrogens (tertiary/aromatic N) is 1. The summed E-state index contributed by atoms with van der Waals surface area (Å²) >= 11 is 0. The van der Waals surface area contributed by atoms with E-state index in [1.54, 1.807) is 0 Å². The first-order valence-corrected chi connectivity index (χ1v) is 6.96. The summed E-state index contributed by atoms with van der Waals surface area (Å²) in [5.74, 6) is 0.663. The fourth-order valence-electron chi connectivity index (χ4n) is 3.31. The average molecular weight is 240 g/mol. The lowest BCUT2D eigenvalue weighted by Crippen LogP contribution is -2.30. The molecule has 0 radical (unpaired) electrons. The lowest BCUT2D eigenvalue weighted by Gasteiger charge is -2.22. The summed E-state index contributed by atoms with van der Waals surface area (Å²) in [4.78, 5) is 4.22. The molecule has 0 saturated heterocycles. The molecule has 1 heterocycles. The molecule has 1 fully saturated rings. The number of likely N-dealkylation sites (N-methyl/N-ethyl adjacent to an activating group) is 1. The van der Waals surface area contributed by atoms with Gasteiger partial charge in [0, 0.05) is 23.8 Å². The summed E-state index contributed by atoms with van der Waals surface area (Å²) in [6.45, 7) is 3.26. The second kappa shape index (κ2) is 5.07. The molecule has 2 aromatic rings. The highest BCUT2D eigenvalue weighted by molar-refractivity contribution is 5.85. The molecule has 1 aliphatic rings. The molecule has 0 aliphatic heterocycles. The van der Waals surface area contributed by atoms with Crippen molar-refractivity contribution in [3.05, 3.63) is 42.2 Å². The van der Waals surface area contributed by atoms with E-state index in [9.17, 15) is 0 Å². The Hall–Kier alpha value is -1.41. The number of benzene rings is 1. The van der Waals surface area contributed by atoms with Gasteiger partial charge in [0.1, 0.15) is 0 Å². The fraction of sp³-hybridized carbons (Fsp3) is 0.438. The molecule has 2 nitrogen and oxygen atoms in total. The molecule has 1 aromatic carbocycles. The summed E-state index contributed by atoms with van der Waals surface area (Å²) in [7, 11) is 0. The number of fused-ring (bicyclic) bond motifs is 1. The van der Waals surface area contributed by atoms with E-state index in [1.807, 2.05) is 12.4 Å². The minimum atomic E-state index is 0.647. The van der Waals surface area contributed by atoms with Crippen LogP contribution in [-0.2, 0) is 0 Å². The molecular weight excluding hydrogens is 220 g/mol. The van der Waals surface area contributed by atoms with E-state index in [0.717, 1.165) is 6.54 Å². The standard InChI is InChI=1S/C16H20N2/c1-2-18-16-8-4-7-15(16)14-6-3-5-12-11-17-10-9-13(12)14/h3,5-6,9-11,15-16,18H,2,4,7-8H2,1H3. The molecule has 1 aromatic heterocycles. The maximum Gasteiger partial charge on any atom is 0.0346 e. The smallest absolute Gasteiger partial charge is 0.0346 e. The maximum atomic E-state index is 4.22. The van der Waals surface area contributed by atoms with E-state index < -0.39 is 0 Å². The first-order valence-electron chi connectivity index (χ1n) is 6.96. The first-order chi connectivity index (χ1) is 8.90. The van der Waals surface area contributed by atoms with Crippen LogP contribution in [0.2, 0.25) is 0 Å². The number of hydrogen-bond donors (Lipinski definition) is 1. The van der Waals surface area contributed by atoms with Crippen LogP contribution in [0.4, 0.5) is 0 Å². The van der Waals surface area contributed by atoms with Crippen molar-refractivity contribution in [1.82, 2.24) is 10.3 Å². The van der Waals surface area contributed by atoms with E-state index in [2.05, 4.69) is 41.5 Å². The van der Waals surface area contributed by atoms with Crippen molar-refractivity contribution >= 4 is 10.8 Å². The molecular formula is C16H20N2. The van der Waals surface area contributed by atoms with Crippen molar-refractivity contribution in [2.75, 3.05) is 6.54 Å². The summed E-state index contributed by atoms with van der Waals surface area (Å²) in [5, 5.41) is 6.28. The van der Waals surface area contributed by atoms with Crippen molar-refractivity contribution in [1.29, 1.82) is 0 Å². The Morgan fingerprint density at radius 3 is 3.11 bits per heavy atom. The van der Waals surface area contributed by atoms with Gasteiger partial charge < -0.3 is 5.32 Å². The fourth-order valence-corrected chi connectivity index (χ4v) is 3.31. The van der Waals surface area contributed by atoms with E-state index in [1.165, 1.54) is 35.6 Å². The summed E-state index contributed by atoms with van der Waals surface area (Å²) in [6.07, 6.45) is 7.82. The van der Waals surface area contributed by atoms with Gasteiger partial charge in [0.15, 0.2) is 0 Å². The van der Waals surface area contributed by atoms with Crippen LogP contribution in [-0.4, -0.2) is 17.6 Å². The molecule has 18 heavy (non-hydrogen) atoms. The van der Waals surface area contributed by atoms with Gasteiger partial charge in [-0.15, -0.1) is 0 Å². The van der Waals surface area contributed by atoms with Gasteiger partial charge in [-0.25, -0.2) is 0 Å². The van der Waals surface area contributed by atoms with Crippen LogP contribution in [0.15, 0.2) is 36.7 Å². The number of aromatic nitrogens is 1. The zero-order chi connectivity index (χ0) is 12.4. The maximum absolute atomic E-state index is 4.22. The molecule has 94 valence electrons. The minimum Gasteiger partial charge on any atom is -0.314 e. The average Bonchev–Trinajstić information content (AvgIpc) is 2.87. The molecule has 3 rings (SSSR count). The zero-order valence-electron chi connectivity index (χ0n) is 10.9. The Bertz CT molecular complexity index is 530. The zero-order valence-corrected chi connectivity index (χ0v) is 10.9. The van der Waals surface area contributed by atoms with Crippen LogP contribution < -0.4 is 5.32 Å². The molecule has 0 spiro atoms. The van der Waals surface area contributed by atoms with E-state index in [0.29, 0.717) is 12.0 Å². The van der Waals surface area contributed by atoms with Crippen LogP contribution in [0.5, 0.6) is 0 Å². The number of pyridine rings is 1. The Kier molecular flexibility index (Phi) is 3.28. The molecule has 0 bridgehead atoms. The van der Waals surface area contributed by atoms with E-state index in [4.69, 9.17) is 0 Å². The first kappa shape index (κ1) is 11.7. The van der Waals surface area contributed by atoms with Gasteiger partial charge in [0.25, 0.3) is 0 Å². The summed E-state index contributed by atoms with van der Waals surface area (Å²) in [6, 6.07) is 9.42. The number of hydrogen-bond acceptors (Lipinski definition) is 2. The van der Waals surface area contributed by atoms with Crippen LogP contribution in [0, 0.1) is 0 Å². The van der Waals surface area contributed by atoms with Gasteiger partial charge >= 0.3 is 0 Å². The van der Waals surface area contributed by atoms with Crippen LogP contribution >= 0.6 is 0 Å². The van der Waals surface area contributed by atoms with Crippen molar-refractivity contribution in [3.8, 4) is 0 Å². The van der Waals surface area contributed by atoms with Crippen molar-refractivity contribution < 1.29 is 0 Å². The van der Waals surface area contributed by atoms with Gasteiger partial charge in [-0.05, 0) is 42.3 Å². The Morgan fingerprint density at radius 2 is 2.22 bits per heavy atom. The lowest BCUT2D eigenvalue weighted by molar-refractivity contribution is 0.494. The monoisotopic (exact) mass is 240 g/mol. The molecule has 1 aliphatic carbocycles. The predicted octanol–water partition coefficient (Wildman–Crippen LogP) is 3.48. The predicted molar refractivity (Wildman–Crippen MR) is 75.8 cm³/mol. The number of rotatable bonds is 3. The molecule has 1 saturated carbocycles. The third-order valence-electron chi connectivity index (χ3n) is 4.10. The Balaban J connectivity index is 2.03. The van der Waals surface area contributed by atoms with Crippen LogP contribution in [0.3, 0.4) is 0 Å². The lowest BCUT2D eigenvalue weighted by atomic mass is 9.90. The second-order valence-corrected chi connectivity index (χ2v) is 5.15. The van der Waals surface area contributed by atoms with Gasteiger partial charge in [0.05, 0.1) is 0 Å². The van der Waals surface area contributed by atoms with E-state index >= 15 is 0 Å². The molecule has 0 amide bonds. The summed E-state index contributed by atoms with van der Waals surface area (Å²) in [5.41, 5.74) is 1.50. The van der Waals surface area contributed by atoms with Crippen molar-refractivity contribution in [3.63, 3.8) is 0 Å². The normalized spacial score (nSPS) is 23.6. The molecule has 1 N–H and O–H groups in total. The van der Waals surface area contributed by atoms with Gasteiger partial charge in [-0.1, -0.05) is 31.5 Å². The Morgan fingerprint density at radius 1 is 1.28 bits per heavy atom. The minimum absolute atomic E-state index is 0.647. The molecule has 2 heteroatoms. The summed E-state index contributed by atoms with van der Waals surface area (Å²) < 4.78 is 0. The van der Waals surface area contributed by atoms with Crippen molar-refractivity contribution in [2.24, 2.45) is 0 Å². The number of nitrogens with one attached hydrogen (secondary N) is 1. The van der Waals surface area contributed by atoms with Crippen molar-refractivity contribution in [2.45, 2.75) is 38.1 Å². The molecule has 2 atom stereocenters. The van der Waals surface area contributed by atoms with Gasteiger partial charge in [-0.2, -0.15) is 0 Å². The van der Waals surface area contributed by atoms with E-state index in [-0.39, 0.29) is 0 Å². The van der Waals surface area contributed by atoms with Crippen LogP contribution in [0.1, 0.15) is 37.7 Å². The highest BCUT2D eigenvalue weighted by atomic mass is 14.9. The van der Waals surface area contributed by atoms with Gasteiger partial charge in [-0.3, -0.25) is 4.98 Å². The Labute approximate surface area is 108 Å².